The third-order valence-corrected chi connectivity index (χ3v) is 3.20. The van der Waals surface area contributed by atoms with E-state index in [9.17, 15) is 8.42 Å². The van der Waals surface area contributed by atoms with Crippen molar-refractivity contribution in [3.63, 3.8) is 0 Å². The van der Waals surface area contributed by atoms with Gasteiger partial charge in [-0.15, -0.1) is 11.6 Å². The largest absolute Gasteiger partial charge is 0.394 e. The third kappa shape index (κ3) is 3.68. The predicted octanol–water partition coefficient (Wildman–Crippen LogP) is -1.15. The molecule has 0 aromatic rings. The predicted molar refractivity (Wildman–Crippen MR) is 45.4 cm³/mol. The monoisotopic (exact) mass is 217 g/mol. The topological polar surface area (TPSA) is 86.6 Å². The highest BCUT2D eigenvalue weighted by atomic mass is 35.5. The standard InChI is InChI=1S/C5H12ClNO4S/c1-5(2-8,3-9)7-12(10,11)4-6/h7-9H,2-4H2,1H3. The second-order valence-corrected chi connectivity index (χ2v) is 5.01. The Balaban J connectivity index is 4.42. The van der Waals surface area contributed by atoms with Crippen LogP contribution in [0.2, 0.25) is 0 Å². The second kappa shape index (κ2) is 4.38. The molecular formula is C5H12ClNO4S. The summed E-state index contributed by atoms with van der Waals surface area (Å²) in [5.41, 5.74) is -1.24. The quantitative estimate of drug-likeness (QED) is 0.508. The Morgan fingerprint density at radius 1 is 1.42 bits per heavy atom. The molecule has 3 N–H and O–H groups in total. The molecule has 0 aliphatic rings. The lowest BCUT2D eigenvalue weighted by atomic mass is 10.1. The van der Waals surface area contributed by atoms with Crippen molar-refractivity contribution >= 4 is 21.6 Å². The van der Waals surface area contributed by atoms with Crippen molar-refractivity contribution in [3.8, 4) is 0 Å². The van der Waals surface area contributed by atoms with Gasteiger partial charge in [0, 0.05) is 0 Å². The zero-order valence-electron chi connectivity index (χ0n) is 6.62. The van der Waals surface area contributed by atoms with Crippen LogP contribution in [0.3, 0.4) is 0 Å². The molecule has 0 atom stereocenters. The Bertz CT molecular complexity index is 224. The third-order valence-electron chi connectivity index (χ3n) is 1.24. The van der Waals surface area contributed by atoms with E-state index < -0.39 is 34.0 Å². The summed E-state index contributed by atoms with van der Waals surface area (Å²) in [7, 11) is -3.61. The molecule has 0 amide bonds. The summed E-state index contributed by atoms with van der Waals surface area (Å²) in [5, 5.41) is 16.8. The van der Waals surface area contributed by atoms with Gasteiger partial charge in [-0.25, -0.2) is 13.1 Å². The number of hydrogen-bond donors (Lipinski definition) is 3. The van der Waals surface area contributed by atoms with Crippen molar-refractivity contribution in [2.24, 2.45) is 0 Å². The molecule has 0 radical (unpaired) electrons. The summed E-state index contributed by atoms with van der Waals surface area (Å²) in [6.45, 7) is 0.399. The minimum atomic E-state index is -3.61. The molecule has 0 aliphatic heterocycles. The van der Waals surface area contributed by atoms with Gasteiger partial charge in [-0.3, -0.25) is 0 Å². The Morgan fingerprint density at radius 2 is 1.83 bits per heavy atom. The van der Waals surface area contributed by atoms with Gasteiger partial charge >= 0.3 is 0 Å². The van der Waals surface area contributed by atoms with Crippen LogP contribution in [0.1, 0.15) is 6.92 Å². The highest BCUT2D eigenvalue weighted by molar-refractivity contribution is 7.90. The SMILES string of the molecule is CC(CO)(CO)NS(=O)(=O)CCl. The maximum Gasteiger partial charge on any atom is 0.226 e. The van der Waals surface area contributed by atoms with Gasteiger partial charge in [-0.2, -0.15) is 0 Å². The summed E-state index contributed by atoms with van der Waals surface area (Å²) in [5.74, 6) is 0. The van der Waals surface area contributed by atoms with Gasteiger partial charge in [-0.05, 0) is 6.92 Å². The highest BCUT2D eigenvalue weighted by Gasteiger charge is 2.27. The number of nitrogens with one attached hydrogen (secondary N) is 1. The molecule has 12 heavy (non-hydrogen) atoms. The van der Waals surface area contributed by atoms with Gasteiger partial charge in [0.05, 0.1) is 18.8 Å². The van der Waals surface area contributed by atoms with E-state index in [-0.39, 0.29) is 0 Å². The Morgan fingerprint density at radius 3 is 2.08 bits per heavy atom. The van der Waals surface area contributed by atoms with E-state index in [1.165, 1.54) is 6.92 Å². The maximum absolute atomic E-state index is 10.9. The molecule has 0 saturated carbocycles. The van der Waals surface area contributed by atoms with Crippen LogP contribution in [-0.2, 0) is 10.0 Å². The lowest BCUT2D eigenvalue weighted by molar-refractivity contribution is 0.122. The summed E-state index contributed by atoms with van der Waals surface area (Å²) in [6, 6.07) is 0. The summed E-state index contributed by atoms with van der Waals surface area (Å²) < 4.78 is 23.8. The van der Waals surface area contributed by atoms with E-state index >= 15 is 0 Å². The first-order valence-corrected chi connectivity index (χ1v) is 5.37. The lowest BCUT2D eigenvalue weighted by Gasteiger charge is -2.24. The van der Waals surface area contributed by atoms with Crippen molar-refractivity contribution in [1.82, 2.24) is 4.72 Å². The first-order chi connectivity index (χ1) is 5.39. The fourth-order valence-electron chi connectivity index (χ4n) is 0.517. The zero-order chi connectivity index (χ0) is 9.83. The van der Waals surface area contributed by atoms with Crippen molar-refractivity contribution in [3.05, 3.63) is 0 Å². The molecule has 0 fully saturated rings. The van der Waals surface area contributed by atoms with E-state index in [0.29, 0.717) is 0 Å². The van der Waals surface area contributed by atoms with Gasteiger partial charge in [-0.1, -0.05) is 0 Å². The van der Waals surface area contributed by atoms with Crippen LogP contribution in [0.25, 0.3) is 0 Å². The molecule has 7 heteroatoms. The molecular weight excluding hydrogens is 206 g/mol. The van der Waals surface area contributed by atoms with Crippen molar-refractivity contribution in [1.29, 1.82) is 0 Å². The fraction of sp³-hybridized carbons (Fsp3) is 1.00. The van der Waals surface area contributed by atoms with Gasteiger partial charge in [0.15, 0.2) is 0 Å². The number of rotatable bonds is 5. The second-order valence-electron chi connectivity index (χ2n) is 2.70. The van der Waals surface area contributed by atoms with E-state index in [4.69, 9.17) is 21.8 Å². The van der Waals surface area contributed by atoms with Crippen LogP contribution >= 0.6 is 11.6 Å². The molecule has 0 heterocycles. The summed E-state index contributed by atoms with van der Waals surface area (Å²) in [4.78, 5) is 0. The molecule has 0 spiro atoms. The van der Waals surface area contributed by atoms with Gasteiger partial charge in [0.2, 0.25) is 10.0 Å². The first kappa shape index (κ1) is 12.1. The number of hydrogen-bond acceptors (Lipinski definition) is 4. The van der Waals surface area contributed by atoms with Crippen LogP contribution in [0.5, 0.6) is 0 Å². The lowest BCUT2D eigenvalue weighted by Crippen LogP contribution is -2.51. The molecule has 0 rings (SSSR count). The zero-order valence-corrected chi connectivity index (χ0v) is 8.19. The average molecular weight is 218 g/mol. The van der Waals surface area contributed by atoms with Gasteiger partial charge in [0.1, 0.15) is 5.21 Å². The number of aliphatic hydroxyl groups is 2. The maximum atomic E-state index is 10.9. The van der Waals surface area contributed by atoms with E-state index in [1.54, 1.807) is 0 Å². The molecule has 0 aliphatic carbocycles. The molecule has 0 saturated heterocycles. The van der Waals surface area contributed by atoms with Crippen molar-refractivity contribution in [2.75, 3.05) is 18.4 Å². The van der Waals surface area contributed by atoms with Gasteiger partial charge in [0.25, 0.3) is 0 Å². The van der Waals surface area contributed by atoms with Crippen LogP contribution in [0.4, 0.5) is 0 Å². The minimum absolute atomic E-state index is 0.486. The fourth-order valence-corrected chi connectivity index (χ4v) is 1.62. The Labute approximate surface area is 76.4 Å². The Hall–Kier alpha value is 0.120. The summed E-state index contributed by atoms with van der Waals surface area (Å²) in [6.07, 6.45) is 0. The smallest absolute Gasteiger partial charge is 0.226 e. The number of halogens is 1. The number of alkyl halides is 1. The van der Waals surface area contributed by atoms with Crippen LogP contribution in [0.15, 0.2) is 0 Å². The number of aliphatic hydroxyl groups excluding tert-OH is 2. The molecule has 0 bridgehead atoms. The highest BCUT2D eigenvalue weighted by Crippen LogP contribution is 2.04. The number of sulfonamides is 1. The summed E-state index contributed by atoms with van der Waals surface area (Å²) >= 11 is 5.10. The minimum Gasteiger partial charge on any atom is -0.394 e. The molecule has 74 valence electrons. The molecule has 5 nitrogen and oxygen atoms in total. The van der Waals surface area contributed by atoms with Gasteiger partial charge < -0.3 is 10.2 Å². The van der Waals surface area contributed by atoms with E-state index in [2.05, 4.69) is 4.72 Å². The normalized spacial score (nSPS) is 13.3. The molecule has 0 unspecified atom stereocenters. The van der Waals surface area contributed by atoms with Crippen molar-refractivity contribution in [2.45, 2.75) is 12.5 Å². The van der Waals surface area contributed by atoms with Crippen LogP contribution in [-0.4, -0.2) is 42.6 Å². The van der Waals surface area contributed by atoms with Crippen LogP contribution < -0.4 is 4.72 Å². The Kier molecular flexibility index (Phi) is 4.43. The average Bonchev–Trinajstić information content (AvgIpc) is 2.04. The molecule has 0 aromatic carbocycles. The van der Waals surface area contributed by atoms with E-state index in [1.807, 2.05) is 0 Å². The van der Waals surface area contributed by atoms with Crippen LogP contribution in [0, 0.1) is 0 Å². The first-order valence-electron chi connectivity index (χ1n) is 3.18. The van der Waals surface area contributed by atoms with E-state index in [0.717, 1.165) is 0 Å². The molecule has 0 aromatic heterocycles. The van der Waals surface area contributed by atoms with Crippen molar-refractivity contribution < 1.29 is 18.6 Å².